The number of rotatable bonds is 5. The first-order valence-corrected chi connectivity index (χ1v) is 6.57. The summed E-state index contributed by atoms with van der Waals surface area (Å²) in [5, 5.41) is 8.92. The fraction of sp³-hybridized carbons (Fsp3) is 0.467. The molecule has 0 aliphatic rings. The van der Waals surface area contributed by atoms with Gasteiger partial charge in [0.05, 0.1) is 0 Å². The van der Waals surface area contributed by atoms with Gasteiger partial charge in [-0.2, -0.15) is 0 Å². The van der Waals surface area contributed by atoms with Crippen molar-refractivity contribution in [1.29, 1.82) is 0 Å². The number of benzene rings is 1. The molecule has 0 aliphatic heterocycles. The van der Waals surface area contributed by atoms with Crippen LogP contribution in [-0.2, 0) is 9.59 Å². The van der Waals surface area contributed by atoms with Gasteiger partial charge in [-0.15, -0.1) is 0 Å². The molecule has 1 aromatic rings. The molecule has 1 rings (SSSR count). The van der Waals surface area contributed by atoms with Crippen LogP contribution in [0.15, 0.2) is 24.3 Å². The van der Waals surface area contributed by atoms with Gasteiger partial charge in [-0.3, -0.25) is 9.59 Å². The van der Waals surface area contributed by atoms with E-state index in [0.29, 0.717) is 0 Å². The van der Waals surface area contributed by atoms with Crippen LogP contribution in [0.1, 0.15) is 27.7 Å². The van der Waals surface area contributed by atoms with Gasteiger partial charge in [-0.25, -0.2) is 4.39 Å². The summed E-state index contributed by atoms with van der Waals surface area (Å²) in [6.07, 6.45) is -0.912. The third-order valence-electron chi connectivity index (χ3n) is 2.83. The Balaban J connectivity index is 2.85. The van der Waals surface area contributed by atoms with Crippen molar-refractivity contribution in [3.05, 3.63) is 30.1 Å². The molecule has 1 N–H and O–H groups in total. The molecule has 1 unspecified atom stereocenters. The Morgan fingerprint density at radius 2 is 2.00 bits per heavy atom. The van der Waals surface area contributed by atoms with E-state index in [1.807, 2.05) is 0 Å². The number of nitrogens with zero attached hydrogens (tertiary/aromatic N) is 1. The molecule has 0 aliphatic carbocycles. The van der Waals surface area contributed by atoms with Crippen LogP contribution in [0.5, 0.6) is 5.75 Å². The van der Waals surface area contributed by atoms with Crippen molar-refractivity contribution in [2.75, 3.05) is 6.54 Å². The number of carbonyl (C=O) groups is 2. The lowest BCUT2D eigenvalue weighted by atomic mass is 10.0. The molecule has 1 atom stereocenters. The third-order valence-corrected chi connectivity index (χ3v) is 2.83. The number of aliphatic carboxylic acids is 1. The Morgan fingerprint density at radius 1 is 1.38 bits per heavy atom. The first-order chi connectivity index (χ1) is 9.61. The zero-order valence-corrected chi connectivity index (χ0v) is 12.6. The largest absolute Gasteiger partial charge is 0.481 e. The van der Waals surface area contributed by atoms with Gasteiger partial charge in [0.1, 0.15) is 18.1 Å². The van der Waals surface area contributed by atoms with Crippen LogP contribution >= 0.6 is 0 Å². The predicted octanol–water partition coefficient (Wildman–Crippen LogP) is 2.30. The number of hydrogen-bond acceptors (Lipinski definition) is 3. The average molecular weight is 297 g/mol. The summed E-state index contributed by atoms with van der Waals surface area (Å²) in [6.45, 7) is 6.31. The number of carbonyl (C=O) groups excluding carboxylic acids is 1. The van der Waals surface area contributed by atoms with Crippen LogP contribution < -0.4 is 4.74 Å². The van der Waals surface area contributed by atoms with E-state index >= 15 is 0 Å². The summed E-state index contributed by atoms with van der Waals surface area (Å²) in [5.74, 6) is -1.81. The first-order valence-electron chi connectivity index (χ1n) is 6.57. The predicted molar refractivity (Wildman–Crippen MR) is 75.6 cm³/mol. The van der Waals surface area contributed by atoms with Crippen molar-refractivity contribution >= 4 is 11.9 Å². The quantitative estimate of drug-likeness (QED) is 0.905. The monoisotopic (exact) mass is 297 g/mol. The van der Waals surface area contributed by atoms with Crippen LogP contribution in [0.4, 0.5) is 4.39 Å². The van der Waals surface area contributed by atoms with Gasteiger partial charge in [0, 0.05) is 11.6 Å². The highest BCUT2D eigenvalue weighted by Gasteiger charge is 2.32. The number of hydrogen-bond donors (Lipinski definition) is 1. The standard InChI is InChI=1S/C15H20FNO4/c1-10(21-12-7-5-6-11(16)8-12)14(20)17(9-13(18)19)15(2,3)4/h5-8,10H,9H2,1-4H3,(H,18,19). The van der Waals surface area contributed by atoms with E-state index < -0.39 is 35.9 Å². The minimum Gasteiger partial charge on any atom is -0.481 e. The molecular formula is C15H20FNO4. The van der Waals surface area contributed by atoms with Gasteiger partial charge in [0.2, 0.25) is 0 Å². The molecule has 1 amide bonds. The van der Waals surface area contributed by atoms with Crippen molar-refractivity contribution in [3.63, 3.8) is 0 Å². The Kier molecular flexibility index (Phi) is 5.29. The van der Waals surface area contributed by atoms with Crippen molar-refractivity contribution in [2.45, 2.75) is 39.3 Å². The number of carboxylic acid groups (broad SMARTS) is 1. The van der Waals surface area contributed by atoms with E-state index in [4.69, 9.17) is 9.84 Å². The fourth-order valence-corrected chi connectivity index (χ4v) is 1.80. The molecule has 0 heterocycles. The van der Waals surface area contributed by atoms with E-state index in [1.54, 1.807) is 20.8 Å². The van der Waals surface area contributed by atoms with Crippen molar-refractivity contribution in [2.24, 2.45) is 0 Å². The molecule has 21 heavy (non-hydrogen) atoms. The smallest absolute Gasteiger partial charge is 0.323 e. The Labute approximate surface area is 123 Å². The second-order valence-electron chi connectivity index (χ2n) is 5.71. The second-order valence-corrected chi connectivity index (χ2v) is 5.71. The first kappa shape index (κ1) is 16.9. The summed E-state index contributed by atoms with van der Waals surface area (Å²) in [5.41, 5.74) is -0.658. The molecule has 0 fully saturated rings. The van der Waals surface area contributed by atoms with Gasteiger partial charge in [-0.05, 0) is 39.8 Å². The normalized spacial score (nSPS) is 12.6. The maximum atomic E-state index is 13.1. The summed E-state index contributed by atoms with van der Waals surface area (Å²) in [7, 11) is 0. The highest BCUT2D eigenvalue weighted by Crippen LogP contribution is 2.18. The lowest BCUT2D eigenvalue weighted by molar-refractivity contribution is -0.151. The topological polar surface area (TPSA) is 66.8 Å². The minimum absolute atomic E-state index is 0.222. The summed E-state index contributed by atoms with van der Waals surface area (Å²) >= 11 is 0. The van der Waals surface area contributed by atoms with E-state index in [9.17, 15) is 14.0 Å². The number of carboxylic acids is 1. The van der Waals surface area contributed by atoms with E-state index in [0.717, 1.165) is 0 Å². The molecule has 0 spiro atoms. The zero-order chi connectivity index (χ0) is 16.2. The molecular weight excluding hydrogens is 277 g/mol. The fourth-order valence-electron chi connectivity index (χ4n) is 1.80. The molecule has 1 aromatic carbocycles. The van der Waals surface area contributed by atoms with Crippen LogP contribution in [0.2, 0.25) is 0 Å². The van der Waals surface area contributed by atoms with E-state index in [2.05, 4.69) is 0 Å². The highest BCUT2D eigenvalue weighted by atomic mass is 19.1. The maximum absolute atomic E-state index is 13.1. The van der Waals surface area contributed by atoms with Crippen LogP contribution in [0.3, 0.4) is 0 Å². The molecule has 0 radical (unpaired) electrons. The van der Waals surface area contributed by atoms with Gasteiger partial charge in [0.15, 0.2) is 6.10 Å². The minimum atomic E-state index is -1.10. The van der Waals surface area contributed by atoms with Crippen molar-refractivity contribution in [3.8, 4) is 5.75 Å². The van der Waals surface area contributed by atoms with E-state index in [-0.39, 0.29) is 5.75 Å². The summed E-state index contributed by atoms with van der Waals surface area (Å²) < 4.78 is 18.5. The Bertz CT molecular complexity index is 525. The lowest BCUT2D eigenvalue weighted by Crippen LogP contribution is -2.52. The molecule has 0 saturated heterocycles. The van der Waals surface area contributed by atoms with E-state index in [1.165, 1.54) is 36.1 Å². The lowest BCUT2D eigenvalue weighted by Gasteiger charge is -2.36. The summed E-state index contributed by atoms with van der Waals surface area (Å²) in [6, 6.07) is 5.44. The average Bonchev–Trinajstić information content (AvgIpc) is 2.33. The number of amides is 1. The Hall–Kier alpha value is -2.11. The van der Waals surface area contributed by atoms with Gasteiger partial charge in [-0.1, -0.05) is 6.07 Å². The van der Waals surface area contributed by atoms with Crippen LogP contribution in [-0.4, -0.2) is 40.1 Å². The van der Waals surface area contributed by atoms with Gasteiger partial charge < -0.3 is 14.7 Å². The molecule has 0 saturated carbocycles. The second kappa shape index (κ2) is 6.56. The zero-order valence-electron chi connectivity index (χ0n) is 12.6. The third kappa shape index (κ3) is 5.06. The van der Waals surface area contributed by atoms with Crippen LogP contribution in [0, 0.1) is 5.82 Å². The van der Waals surface area contributed by atoms with Gasteiger partial charge >= 0.3 is 5.97 Å². The number of ether oxygens (including phenoxy) is 1. The molecule has 6 heteroatoms. The summed E-state index contributed by atoms with van der Waals surface area (Å²) in [4.78, 5) is 24.5. The molecule has 0 aromatic heterocycles. The Morgan fingerprint density at radius 3 is 2.48 bits per heavy atom. The van der Waals surface area contributed by atoms with Crippen molar-refractivity contribution in [1.82, 2.24) is 4.90 Å². The molecule has 5 nitrogen and oxygen atoms in total. The van der Waals surface area contributed by atoms with Gasteiger partial charge in [0.25, 0.3) is 5.91 Å². The highest BCUT2D eigenvalue weighted by molar-refractivity contribution is 5.85. The van der Waals surface area contributed by atoms with Crippen LogP contribution in [0.25, 0.3) is 0 Å². The number of halogens is 1. The SMILES string of the molecule is CC(Oc1cccc(F)c1)C(=O)N(CC(=O)O)C(C)(C)C. The molecule has 116 valence electrons. The molecule has 0 bridgehead atoms. The van der Waals surface area contributed by atoms with Crippen molar-refractivity contribution < 1.29 is 23.8 Å². The maximum Gasteiger partial charge on any atom is 0.323 e.